The molecule has 0 aliphatic carbocycles. The number of ether oxygens (including phenoxy) is 2. The number of nitrogens with zero attached hydrogens (tertiary/aromatic N) is 2. The molecule has 10 aromatic rings. The number of benzene rings is 8. The third-order valence-electron chi connectivity index (χ3n) is 24.9. The Morgan fingerprint density at radius 2 is 0.588 bits per heavy atom. The molecular weight excluding hydrogens is 1260 g/mol. The van der Waals surface area contributed by atoms with E-state index in [0.29, 0.717) is 107 Å². The fourth-order valence-electron chi connectivity index (χ4n) is 16.6. The molecule has 0 saturated carbocycles. The van der Waals surface area contributed by atoms with Crippen molar-refractivity contribution < 1.29 is 28.5 Å². The van der Waals surface area contributed by atoms with Gasteiger partial charge in [-0.2, -0.15) is 0 Å². The van der Waals surface area contributed by atoms with Gasteiger partial charge in [-0.3, -0.25) is 0 Å². The van der Waals surface area contributed by atoms with E-state index in [-0.39, 0.29) is 11.5 Å². The van der Waals surface area contributed by atoms with Crippen molar-refractivity contribution in [2.75, 3.05) is 0 Å². The van der Waals surface area contributed by atoms with Crippen LogP contribution >= 0.6 is 0 Å². The predicted molar refractivity (Wildman–Crippen MR) is 425 cm³/mol. The summed E-state index contributed by atoms with van der Waals surface area (Å²) in [5, 5.41) is 36.4. The van der Waals surface area contributed by atoms with E-state index in [0.717, 1.165) is 54.7 Å². The Kier molecular flexibility index (Phi) is 20.4. The topological polar surface area (TPSA) is 68.8 Å². The number of hydrogen-bond donors (Lipinski definition) is 2. The monoisotopic (exact) mass is 1370 g/mol. The van der Waals surface area contributed by atoms with Gasteiger partial charge in [0.15, 0.2) is 0 Å². The van der Waals surface area contributed by atoms with Crippen LogP contribution < -0.4 is 30.2 Å². The number of aryl methyl sites for hydroxylation is 4. The van der Waals surface area contributed by atoms with Gasteiger partial charge in [0.1, 0.15) is 34.6 Å². The molecule has 0 unspecified atom stereocenters. The minimum absolute atomic E-state index is 0.0400. The molecule has 0 amide bonds. The second-order valence-electron chi connectivity index (χ2n) is 32.6. The molecule has 6 nitrogen and oxygen atoms in total. The SMILES string of the molecule is Cc1cc(-c2cc(F)cc(C)c2O[C@H](C)C[C@@H](C)Oc2c(C)cc(F)cc2-c2cc(C)cc(-n3c4cc([Si](C)(C(C)C)C(C)C)ccc4c4ccc([Si](C)(C(C)C)C(C)C)cc43)c2O)c(O)c(-n2c3cc([Si](C)(C(C)C)C(C)C)ccc3c3ccc([Si](C)(C(C)C)C(C)C)cc32)c1. The fraction of sp³-hybridized carbons (Fsp3) is 0.435. The van der Waals surface area contributed by atoms with E-state index in [4.69, 9.17) is 9.47 Å². The lowest BCUT2D eigenvalue weighted by atomic mass is 9.97. The molecule has 0 saturated heterocycles. The van der Waals surface area contributed by atoms with E-state index < -0.39 is 56.1 Å². The molecule has 8 aromatic carbocycles. The zero-order valence-corrected chi connectivity index (χ0v) is 67.4. The summed E-state index contributed by atoms with van der Waals surface area (Å²) in [7, 11) is -8.15. The first-order valence-corrected chi connectivity index (χ1v) is 46.8. The summed E-state index contributed by atoms with van der Waals surface area (Å²) in [6, 6.07) is 42.4. The van der Waals surface area contributed by atoms with Crippen molar-refractivity contribution in [2.24, 2.45) is 0 Å². The van der Waals surface area contributed by atoms with Crippen LogP contribution in [0.15, 0.2) is 121 Å². The normalized spacial score (nSPS) is 13.7. The van der Waals surface area contributed by atoms with Gasteiger partial charge in [0.05, 0.1) is 77.9 Å². The Morgan fingerprint density at radius 3 is 0.825 bits per heavy atom. The summed E-state index contributed by atoms with van der Waals surface area (Å²) in [6.07, 6.45) is -0.588. The van der Waals surface area contributed by atoms with Gasteiger partial charge in [-0.25, -0.2) is 8.78 Å². The standard InChI is InChI=1S/C85H112F2N2O4Si4/c1-48(2)94(23,49(3)4)64-27-31-68-69-32-28-65(95(24,50(5)6)51(7)8)45-77(69)88(76(68)44-64)80-37-56(17)35-72(82(80)90)74-42-62(86)39-58(19)84(74)92-60(21)41-61(22)93-85-59(20)40-63(87)43-75(85)73-36-57(18)38-81(83(73)91)89-78-46-66(96(25,52(9)10)53(11)12)29-33-70(78)71-34-30-67(47-79(71)89)97(26,54(13)14)55(15)16/h27-40,42-55,60-61,90-91H,41H2,1-26H3/t60-,61-/m1/s1. The maximum Gasteiger partial charge on any atom is 0.147 e. The molecule has 0 bridgehead atoms. The number of phenolic OH excluding ortho intramolecular Hbond substituents is 2. The van der Waals surface area contributed by atoms with Crippen molar-refractivity contribution in [3.05, 3.63) is 155 Å². The van der Waals surface area contributed by atoms with Gasteiger partial charge in [0, 0.05) is 50.2 Å². The van der Waals surface area contributed by atoms with Crippen molar-refractivity contribution >= 4 is 96.7 Å². The Bertz CT molecular complexity index is 4160. The highest BCUT2D eigenvalue weighted by Gasteiger charge is 2.42. The van der Waals surface area contributed by atoms with Crippen molar-refractivity contribution in [3.8, 4) is 56.6 Å². The fourth-order valence-corrected chi connectivity index (χ4v) is 30.9. The average molecular weight is 1380 g/mol. The number of fused-ring (bicyclic) bond motifs is 6. The van der Waals surface area contributed by atoms with Crippen LogP contribution in [0, 0.1) is 39.3 Å². The number of aromatic nitrogens is 2. The highest BCUT2D eigenvalue weighted by Crippen LogP contribution is 2.49. The quantitative estimate of drug-likeness (QED) is 0.0664. The maximum atomic E-state index is 16.2. The number of aromatic hydroxyl groups is 2. The van der Waals surface area contributed by atoms with E-state index >= 15 is 8.78 Å². The number of halogens is 2. The lowest BCUT2D eigenvalue weighted by Crippen LogP contribution is -2.50. The molecule has 0 aliphatic rings. The summed E-state index contributed by atoms with van der Waals surface area (Å²) in [4.78, 5) is 0. The molecular formula is C85H112F2N2O4Si4. The lowest BCUT2D eigenvalue weighted by molar-refractivity contribution is 0.130. The van der Waals surface area contributed by atoms with Crippen molar-refractivity contribution in [1.29, 1.82) is 0 Å². The van der Waals surface area contributed by atoms with Crippen molar-refractivity contribution in [2.45, 2.75) is 241 Å². The Balaban J connectivity index is 1.06. The van der Waals surface area contributed by atoms with Crippen molar-refractivity contribution in [3.63, 3.8) is 0 Å². The molecule has 2 atom stereocenters. The third-order valence-corrected chi connectivity index (χ3v) is 50.3. The summed E-state index contributed by atoms with van der Waals surface area (Å²) in [5.74, 6) is 0.138. The van der Waals surface area contributed by atoms with Crippen LogP contribution in [0.5, 0.6) is 23.0 Å². The van der Waals surface area contributed by atoms with Gasteiger partial charge >= 0.3 is 0 Å². The van der Waals surface area contributed by atoms with Gasteiger partial charge in [-0.1, -0.05) is 206 Å². The van der Waals surface area contributed by atoms with Crippen LogP contribution in [0.25, 0.3) is 77.2 Å². The zero-order valence-electron chi connectivity index (χ0n) is 63.4. The Morgan fingerprint density at radius 1 is 0.340 bits per heavy atom. The lowest BCUT2D eigenvalue weighted by Gasteiger charge is -2.36. The molecule has 2 aromatic heterocycles. The highest BCUT2D eigenvalue weighted by atomic mass is 28.3. The van der Waals surface area contributed by atoms with Crippen LogP contribution in [0.3, 0.4) is 0 Å². The minimum Gasteiger partial charge on any atom is -0.505 e. The van der Waals surface area contributed by atoms with Gasteiger partial charge in [-0.05, 0) is 181 Å². The average Bonchev–Trinajstić information content (AvgIpc) is 1.59. The third kappa shape index (κ3) is 12.5. The number of phenols is 2. The largest absolute Gasteiger partial charge is 0.505 e. The Labute approximate surface area is 583 Å². The van der Waals surface area contributed by atoms with Crippen LogP contribution in [0.2, 0.25) is 70.5 Å². The first kappa shape index (κ1) is 73.0. The number of hydrogen-bond acceptors (Lipinski definition) is 4. The minimum atomic E-state index is -2.04. The highest BCUT2D eigenvalue weighted by molar-refractivity contribution is 6.94. The van der Waals surface area contributed by atoms with Crippen LogP contribution in [0.1, 0.15) is 153 Å². The van der Waals surface area contributed by atoms with E-state index in [1.54, 1.807) is 0 Å². The molecule has 516 valence electrons. The van der Waals surface area contributed by atoms with Crippen molar-refractivity contribution in [1.82, 2.24) is 9.13 Å². The summed E-state index contributed by atoms with van der Waals surface area (Å²) in [5.41, 5.74) is 14.2. The summed E-state index contributed by atoms with van der Waals surface area (Å²) >= 11 is 0. The Hall–Kier alpha value is -6.71. The van der Waals surface area contributed by atoms with Gasteiger partial charge < -0.3 is 28.8 Å². The van der Waals surface area contributed by atoms with E-state index in [9.17, 15) is 10.2 Å². The molecule has 0 fully saturated rings. The van der Waals surface area contributed by atoms with Gasteiger partial charge in [0.25, 0.3) is 0 Å². The molecule has 2 N–H and O–H groups in total. The van der Waals surface area contributed by atoms with E-state index in [2.05, 4.69) is 231 Å². The van der Waals surface area contributed by atoms with Gasteiger partial charge in [-0.15, -0.1) is 0 Å². The zero-order chi connectivity index (χ0) is 71.4. The van der Waals surface area contributed by atoms with Gasteiger partial charge in [0.2, 0.25) is 0 Å². The summed E-state index contributed by atoms with van der Waals surface area (Å²) < 4.78 is 51.1. The molecule has 0 aliphatic heterocycles. The molecule has 97 heavy (non-hydrogen) atoms. The molecule has 2 heterocycles. The predicted octanol–water partition coefficient (Wildman–Crippen LogP) is 23.2. The molecule has 0 radical (unpaired) electrons. The second kappa shape index (κ2) is 27.1. The van der Waals surface area contributed by atoms with E-state index in [1.165, 1.54) is 45.0 Å². The molecule has 12 heteroatoms. The van der Waals surface area contributed by atoms with Crippen LogP contribution in [-0.4, -0.2) is 63.9 Å². The first-order valence-electron chi connectivity index (χ1n) is 36.1. The number of rotatable bonds is 22. The first-order chi connectivity index (χ1) is 45.3. The molecule has 0 spiro atoms. The molecule has 10 rings (SSSR count). The van der Waals surface area contributed by atoms with Crippen LogP contribution in [0.4, 0.5) is 8.78 Å². The second-order valence-corrected chi connectivity index (χ2v) is 54.4. The van der Waals surface area contributed by atoms with Crippen LogP contribution in [-0.2, 0) is 0 Å². The maximum absolute atomic E-state index is 16.2. The summed E-state index contributed by atoms with van der Waals surface area (Å²) in [6.45, 7) is 59.7. The smallest absolute Gasteiger partial charge is 0.147 e. The van der Waals surface area contributed by atoms with E-state index in [1.807, 2.05) is 53.7 Å².